The van der Waals surface area contributed by atoms with Crippen LogP contribution in [0.15, 0.2) is 24.3 Å². The number of methoxy groups -OCH3 is 1. The summed E-state index contributed by atoms with van der Waals surface area (Å²) in [6, 6.07) is 5.13. The van der Waals surface area contributed by atoms with Gasteiger partial charge in [0.25, 0.3) is 5.91 Å². The zero-order valence-corrected chi connectivity index (χ0v) is 15.5. The fourth-order valence-electron chi connectivity index (χ4n) is 2.77. The summed E-state index contributed by atoms with van der Waals surface area (Å²) in [5.74, 6) is -1.91. The number of nitrogens with one attached hydrogen (secondary N) is 1. The minimum atomic E-state index is -0.942. The monoisotopic (exact) mass is 376 g/mol. The molecule has 8 nitrogen and oxygen atoms in total. The van der Waals surface area contributed by atoms with Crippen LogP contribution in [0, 0.1) is 0 Å². The van der Waals surface area contributed by atoms with Gasteiger partial charge in [-0.25, -0.2) is 4.79 Å². The molecule has 1 unspecified atom stereocenters. The summed E-state index contributed by atoms with van der Waals surface area (Å²) < 4.78 is 9.78. The number of hydrogen-bond acceptors (Lipinski definition) is 6. The molecule has 0 bridgehead atoms. The molecule has 8 heteroatoms. The van der Waals surface area contributed by atoms with Gasteiger partial charge < -0.3 is 19.7 Å². The molecular formula is C19H24N2O6. The van der Waals surface area contributed by atoms with Crippen molar-refractivity contribution in [3.63, 3.8) is 0 Å². The molecular weight excluding hydrogens is 352 g/mol. The zero-order chi connectivity index (χ0) is 19.8. The third kappa shape index (κ3) is 5.29. The van der Waals surface area contributed by atoms with E-state index in [4.69, 9.17) is 4.74 Å². The Kier molecular flexibility index (Phi) is 7.34. The number of esters is 2. The summed E-state index contributed by atoms with van der Waals surface area (Å²) in [4.78, 5) is 50.2. The van der Waals surface area contributed by atoms with Gasteiger partial charge in [0, 0.05) is 18.7 Å². The van der Waals surface area contributed by atoms with Crippen molar-refractivity contribution in [2.75, 3.05) is 26.8 Å². The van der Waals surface area contributed by atoms with E-state index in [0.29, 0.717) is 13.2 Å². The zero-order valence-electron chi connectivity index (χ0n) is 15.5. The van der Waals surface area contributed by atoms with E-state index >= 15 is 0 Å². The van der Waals surface area contributed by atoms with Crippen LogP contribution in [0.5, 0.6) is 0 Å². The first-order valence-corrected chi connectivity index (χ1v) is 8.90. The van der Waals surface area contributed by atoms with E-state index in [0.717, 1.165) is 12.8 Å². The number of ether oxygens (including phenoxy) is 2. The van der Waals surface area contributed by atoms with Crippen molar-refractivity contribution in [2.45, 2.75) is 32.2 Å². The van der Waals surface area contributed by atoms with Crippen LogP contribution in [0.3, 0.4) is 0 Å². The topological polar surface area (TPSA) is 102 Å². The number of hydrogen-bond donors (Lipinski definition) is 1. The van der Waals surface area contributed by atoms with E-state index in [1.165, 1.54) is 24.1 Å². The van der Waals surface area contributed by atoms with E-state index in [1.807, 2.05) is 6.92 Å². The fraction of sp³-hybridized carbons (Fsp3) is 0.474. The molecule has 1 atom stereocenters. The maximum absolute atomic E-state index is 12.9. The highest BCUT2D eigenvalue weighted by molar-refractivity contribution is 6.01. The predicted molar refractivity (Wildman–Crippen MR) is 96.1 cm³/mol. The van der Waals surface area contributed by atoms with Crippen molar-refractivity contribution >= 4 is 23.8 Å². The quantitative estimate of drug-likeness (QED) is 0.566. The second-order valence-electron chi connectivity index (χ2n) is 6.16. The van der Waals surface area contributed by atoms with Crippen molar-refractivity contribution in [1.29, 1.82) is 0 Å². The highest BCUT2D eigenvalue weighted by Crippen LogP contribution is 2.16. The number of carbonyl (C=O) groups excluding carboxylic acids is 4. The smallest absolute Gasteiger partial charge is 0.337 e. The van der Waals surface area contributed by atoms with E-state index < -0.39 is 29.8 Å². The van der Waals surface area contributed by atoms with E-state index in [9.17, 15) is 19.2 Å². The average molecular weight is 376 g/mol. The molecule has 27 heavy (non-hydrogen) atoms. The molecule has 146 valence electrons. The molecule has 0 aromatic heterocycles. The lowest BCUT2D eigenvalue weighted by molar-refractivity contribution is -0.147. The van der Waals surface area contributed by atoms with Crippen LogP contribution >= 0.6 is 0 Å². The molecule has 1 fully saturated rings. The third-order valence-corrected chi connectivity index (χ3v) is 4.24. The Morgan fingerprint density at radius 3 is 2.70 bits per heavy atom. The Morgan fingerprint density at radius 1 is 1.26 bits per heavy atom. The van der Waals surface area contributed by atoms with Crippen molar-refractivity contribution < 1.29 is 28.7 Å². The lowest BCUT2D eigenvalue weighted by Crippen LogP contribution is -2.57. The Hall–Kier alpha value is -2.90. The standard InChI is InChI=1S/C19H24N2O6/c1-3-4-10-27-16(22)12-15-17(23)20-8-9-21(15)18(24)13-6-5-7-14(11-13)19(25)26-2/h5-7,11,15H,3-4,8-10,12H2,1-2H3,(H,20,23). The number of nitrogens with zero attached hydrogens (tertiary/aromatic N) is 1. The van der Waals surface area contributed by atoms with Crippen LogP contribution < -0.4 is 5.32 Å². The van der Waals surface area contributed by atoms with Gasteiger partial charge in [-0.05, 0) is 24.6 Å². The van der Waals surface area contributed by atoms with Gasteiger partial charge in [0.2, 0.25) is 5.91 Å². The number of carbonyl (C=O) groups is 4. The Balaban J connectivity index is 2.15. The molecule has 1 saturated heterocycles. The summed E-state index contributed by atoms with van der Waals surface area (Å²) in [5, 5.41) is 2.67. The molecule has 1 aliphatic rings. The number of benzene rings is 1. The molecule has 1 N–H and O–H groups in total. The first-order valence-electron chi connectivity index (χ1n) is 8.90. The molecule has 0 aliphatic carbocycles. The first kappa shape index (κ1) is 20.4. The van der Waals surface area contributed by atoms with E-state index in [-0.39, 0.29) is 24.1 Å². The fourth-order valence-corrected chi connectivity index (χ4v) is 2.77. The van der Waals surface area contributed by atoms with Gasteiger partial charge in [-0.3, -0.25) is 14.4 Å². The number of rotatable bonds is 7. The molecule has 0 saturated carbocycles. The van der Waals surface area contributed by atoms with Crippen LogP contribution in [0.2, 0.25) is 0 Å². The summed E-state index contributed by atoms with van der Waals surface area (Å²) in [7, 11) is 1.26. The summed E-state index contributed by atoms with van der Waals surface area (Å²) in [6.07, 6.45) is 1.42. The summed E-state index contributed by atoms with van der Waals surface area (Å²) >= 11 is 0. The maximum atomic E-state index is 12.9. The molecule has 2 rings (SSSR count). The Labute approximate surface area is 157 Å². The lowest BCUT2D eigenvalue weighted by Gasteiger charge is -2.34. The van der Waals surface area contributed by atoms with Gasteiger partial charge >= 0.3 is 11.9 Å². The molecule has 1 heterocycles. The van der Waals surface area contributed by atoms with Gasteiger partial charge in [0.05, 0.1) is 25.7 Å². The highest BCUT2D eigenvalue weighted by atomic mass is 16.5. The maximum Gasteiger partial charge on any atom is 0.337 e. The minimum Gasteiger partial charge on any atom is -0.466 e. The molecule has 1 aromatic rings. The Bertz CT molecular complexity index is 718. The SMILES string of the molecule is CCCCOC(=O)CC1C(=O)NCCN1C(=O)c1cccc(C(=O)OC)c1. The van der Waals surface area contributed by atoms with Crippen molar-refractivity contribution in [1.82, 2.24) is 10.2 Å². The van der Waals surface area contributed by atoms with Crippen LogP contribution in [0.25, 0.3) is 0 Å². The second-order valence-corrected chi connectivity index (χ2v) is 6.16. The molecule has 1 aliphatic heterocycles. The van der Waals surface area contributed by atoms with Gasteiger partial charge in [-0.2, -0.15) is 0 Å². The first-order chi connectivity index (χ1) is 13.0. The second kappa shape index (κ2) is 9.70. The normalized spacial score (nSPS) is 16.4. The van der Waals surface area contributed by atoms with Crippen molar-refractivity contribution in [2.24, 2.45) is 0 Å². The number of piperazine rings is 1. The Morgan fingerprint density at radius 2 is 2.00 bits per heavy atom. The van der Waals surface area contributed by atoms with Crippen molar-refractivity contribution in [3.8, 4) is 0 Å². The number of unbranched alkanes of at least 4 members (excludes halogenated alkanes) is 1. The highest BCUT2D eigenvalue weighted by Gasteiger charge is 2.35. The minimum absolute atomic E-state index is 0.210. The lowest BCUT2D eigenvalue weighted by atomic mass is 10.0. The molecule has 1 aromatic carbocycles. The molecule has 0 radical (unpaired) electrons. The predicted octanol–water partition coefficient (Wildman–Crippen LogP) is 1.15. The molecule has 2 amide bonds. The van der Waals surface area contributed by atoms with Crippen LogP contribution in [0.4, 0.5) is 0 Å². The van der Waals surface area contributed by atoms with Crippen LogP contribution in [-0.4, -0.2) is 61.5 Å². The van der Waals surface area contributed by atoms with E-state index in [1.54, 1.807) is 12.1 Å². The molecule has 0 spiro atoms. The van der Waals surface area contributed by atoms with Gasteiger partial charge in [0.15, 0.2) is 0 Å². The van der Waals surface area contributed by atoms with Gasteiger partial charge in [-0.15, -0.1) is 0 Å². The van der Waals surface area contributed by atoms with Crippen LogP contribution in [0.1, 0.15) is 46.9 Å². The summed E-state index contributed by atoms with van der Waals surface area (Å²) in [5.41, 5.74) is 0.484. The van der Waals surface area contributed by atoms with Gasteiger partial charge in [0.1, 0.15) is 6.04 Å². The number of amides is 2. The van der Waals surface area contributed by atoms with Crippen LogP contribution in [-0.2, 0) is 19.1 Å². The van der Waals surface area contributed by atoms with Gasteiger partial charge in [-0.1, -0.05) is 19.4 Å². The largest absolute Gasteiger partial charge is 0.466 e. The average Bonchev–Trinajstić information content (AvgIpc) is 2.68. The van der Waals surface area contributed by atoms with Crippen molar-refractivity contribution in [3.05, 3.63) is 35.4 Å². The van der Waals surface area contributed by atoms with E-state index in [2.05, 4.69) is 10.1 Å². The third-order valence-electron chi connectivity index (χ3n) is 4.24. The summed E-state index contributed by atoms with van der Waals surface area (Å²) in [6.45, 7) is 2.83.